The first kappa shape index (κ1) is 19.9. The van der Waals surface area contributed by atoms with E-state index >= 15 is 0 Å². The Morgan fingerprint density at radius 3 is 2.17 bits per heavy atom. The number of hydrogen-bond donors (Lipinski definition) is 1. The minimum atomic E-state index is -0.788. The van der Waals surface area contributed by atoms with Crippen LogP contribution in [0.2, 0.25) is 0 Å². The zero-order chi connectivity index (χ0) is 20.7. The molecule has 5 aliphatic rings. The molecule has 1 aliphatic heterocycles. The molecule has 1 amide bonds. The smallest absolute Gasteiger partial charge is 0.312 e. The van der Waals surface area contributed by atoms with Gasteiger partial charge in [0.1, 0.15) is 0 Å². The molecule has 6 heteroatoms. The van der Waals surface area contributed by atoms with Crippen LogP contribution < -0.4 is 10.2 Å². The summed E-state index contributed by atoms with van der Waals surface area (Å²) in [7, 11) is 0. The number of nitrogens with zero attached hydrogens (tertiary/aromatic N) is 1. The standard InChI is InChI=1S/C24H32N2O4/c1-16(30-23(28)24-13-17-10-18(14-24)12-19(11-17)15-24)22(27)25-20-2-4-21(5-3-20)26-6-8-29-9-7-26/h2-5,16-19H,6-15H2,1H3,(H,25,27). The van der Waals surface area contributed by atoms with Gasteiger partial charge in [-0.05, 0) is 87.5 Å². The van der Waals surface area contributed by atoms with Crippen molar-refractivity contribution < 1.29 is 19.1 Å². The summed E-state index contributed by atoms with van der Waals surface area (Å²) in [5, 5.41) is 2.89. The van der Waals surface area contributed by atoms with Gasteiger partial charge in [-0.25, -0.2) is 0 Å². The summed E-state index contributed by atoms with van der Waals surface area (Å²) in [6.45, 7) is 4.91. The highest BCUT2D eigenvalue weighted by molar-refractivity contribution is 5.95. The van der Waals surface area contributed by atoms with E-state index in [1.54, 1.807) is 6.92 Å². The van der Waals surface area contributed by atoms with Crippen molar-refractivity contribution >= 4 is 23.3 Å². The van der Waals surface area contributed by atoms with Gasteiger partial charge in [-0.2, -0.15) is 0 Å². The number of benzene rings is 1. The highest BCUT2D eigenvalue weighted by Crippen LogP contribution is 2.60. The number of hydrogen-bond acceptors (Lipinski definition) is 5. The first-order valence-electron chi connectivity index (χ1n) is 11.5. The molecule has 0 aromatic heterocycles. The number of ether oxygens (including phenoxy) is 2. The Labute approximate surface area is 178 Å². The second-order valence-corrected chi connectivity index (χ2v) is 9.88. The van der Waals surface area contributed by atoms with Crippen LogP contribution in [0.1, 0.15) is 45.4 Å². The van der Waals surface area contributed by atoms with Gasteiger partial charge < -0.3 is 19.7 Å². The van der Waals surface area contributed by atoms with Crippen molar-refractivity contribution in [3.63, 3.8) is 0 Å². The van der Waals surface area contributed by atoms with Gasteiger partial charge in [0.2, 0.25) is 0 Å². The molecular weight excluding hydrogens is 380 g/mol. The first-order valence-corrected chi connectivity index (χ1v) is 11.5. The van der Waals surface area contributed by atoms with E-state index in [-0.39, 0.29) is 17.3 Å². The number of carbonyl (C=O) groups excluding carboxylic acids is 2. The van der Waals surface area contributed by atoms with Gasteiger partial charge in [0.25, 0.3) is 5.91 Å². The highest BCUT2D eigenvalue weighted by Gasteiger charge is 2.55. The van der Waals surface area contributed by atoms with E-state index in [1.807, 2.05) is 24.3 Å². The lowest BCUT2D eigenvalue weighted by molar-refractivity contribution is -0.177. The molecule has 6 rings (SSSR count). The Hall–Kier alpha value is -2.08. The number of rotatable bonds is 5. The molecule has 5 fully saturated rings. The summed E-state index contributed by atoms with van der Waals surface area (Å²) in [5.74, 6) is 1.62. The van der Waals surface area contributed by atoms with E-state index in [4.69, 9.17) is 9.47 Å². The zero-order valence-electron chi connectivity index (χ0n) is 17.8. The summed E-state index contributed by atoms with van der Waals surface area (Å²) in [6.07, 6.45) is 5.92. The fourth-order valence-electron chi connectivity index (χ4n) is 6.52. The Bertz CT molecular complexity index is 765. The second-order valence-electron chi connectivity index (χ2n) is 9.88. The lowest BCUT2D eigenvalue weighted by Gasteiger charge is -2.55. The van der Waals surface area contributed by atoms with Crippen molar-refractivity contribution in [1.29, 1.82) is 0 Å². The summed E-state index contributed by atoms with van der Waals surface area (Å²) in [4.78, 5) is 28.0. The molecule has 0 radical (unpaired) electrons. The molecule has 1 atom stereocenters. The molecule has 1 heterocycles. The van der Waals surface area contributed by atoms with Crippen LogP contribution in [0.3, 0.4) is 0 Å². The number of esters is 1. The summed E-state index contributed by atoms with van der Waals surface area (Å²) < 4.78 is 11.1. The fraction of sp³-hybridized carbons (Fsp3) is 0.667. The van der Waals surface area contributed by atoms with Gasteiger partial charge in [-0.15, -0.1) is 0 Å². The van der Waals surface area contributed by atoms with E-state index in [0.29, 0.717) is 17.8 Å². The Balaban J connectivity index is 1.17. The van der Waals surface area contributed by atoms with Crippen LogP contribution in [-0.4, -0.2) is 44.3 Å². The third kappa shape index (κ3) is 3.82. The van der Waals surface area contributed by atoms with Gasteiger partial charge in [0.15, 0.2) is 6.10 Å². The van der Waals surface area contributed by atoms with Crippen LogP contribution in [0.15, 0.2) is 24.3 Å². The topological polar surface area (TPSA) is 67.9 Å². The molecule has 162 valence electrons. The number of anilines is 2. The van der Waals surface area contributed by atoms with Crippen molar-refractivity contribution in [3.05, 3.63) is 24.3 Å². The van der Waals surface area contributed by atoms with Crippen LogP contribution in [0.4, 0.5) is 11.4 Å². The average Bonchev–Trinajstić information content (AvgIpc) is 2.74. The van der Waals surface area contributed by atoms with Crippen LogP contribution in [0.5, 0.6) is 0 Å². The third-order valence-electron chi connectivity index (χ3n) is 7.64. The summed E-state index contributed by atoms with van der Waals surface area (Å²) in [6, 6.07) is 7.81. The molecule has 4 aliphatic carbocycles. The normalized spacial score (nSPS) is 33.2. The first-order chi connectivity index (χ1) is 14.5. The molecule has 4 saturated carbocycles. The molecule has 4 bridgehead atoms. The summed E-state index contributed by atoms with van der Waals surface area (Å²) >= 11 is 0. The predicted octanol–water partition coefficient (Wildman–Crippen LogP) is 3.61. The Morgan fingerprint density at radius 2 is 1.60 bits per heavy atom. The SMILES string of the molecule is CC(OC(=O)C12CC3CC(CC(C3)C1)C2)C(=O)Nc1ccc(N2CCOCC2)cc1. The van der Waals surface area contributed by atoms with Crippen LogP contribution in [-0.2, 0) is 19.1 Å². The van der Waals surface area contributed by atoms with Gasteiger partial charge in [0.05, 0.1) is 18.6 Å². The predicted molar refractivity (Wildman–Crippen MR) is 114 cm³/mol. The Morgan fingerprint density at radius 1 is 1.03 bits per heavy atom. The fourth-order valence-corrected chi connectivity index (χ4v) is 6.52. The number of morpholine rings is 1. The minimum absolute atomic E-state index is 0.146. The van der Waals surface area contributed by atoms with Gasteiger partial charge >= 0.3 is 5.97 Å². The maximum Gasteiger partial charge on any atom is 0.312 e. The van der Waals surface area contributed by atoms with E-state index in [9.17, 15) is 9.59 Å². The van der Waals surface area contributed by atoms with Gasteiger partial charge in [-0.3, -0.25) is 9.59 Å². The van der Waals surface area contributed by atoms with Crippen molar-refractivity contribution in [2.75, 3.05) is 36.5 Å². The molecule has 6 nitrogen and oxygen atoms in total. The van der Waals surface area contributed by atoms with Crippen molar-refractivity contribution in [2.24, 2.45) is 23.2 Å². The van der Waals surface area contributed by atoms with E-state index < -0.39 is 6.10 Å². The summed E-state index contributed by atoms with van der Waals surface area (Å²) in [5.41, 5.74) is 1.51. The van der Waals surface area contributed by atoms with E-state index in [0.717, 1.165) is 56.9 Å². The number of nitrogens with one attached hydrogen (secondary N) is 1. The maximum atomic E-state index is 13.1. The molecule has 1 saturated heterocycles. The highest BCUT2D eigenvalue weighted by atomic mass is 16.5. The zero-order valence-corrected chi connectivity index (χ0v) is 17.8. The minimum Gasteiger partial charge on any atom is -0.452 e. The third-order valence-corrected chi connectivity index (χ3v) is 7.64. The van der Waals surface area contributed by atoms with Crippen LogP contribution >= 0.6 is 0 Å². The van der Waals surface area contributed by atoms with Crippen molar-refractivity contribution in [2.45, 2.75) is 51.6 Å². The van der Waals surface area contributed by atoms with Gasteiger partial charge in [-0.1, -0.05) is 0 Å². The second kappa shape index (κ2) is 7.88. The van der Waals surface area contributed by atoms with Crippen molar-refractivity contribution in [3.8, 4) is 0 Å². The molecule has 1 aromatic carbocycles. The number of amides is 1. The number of carbonyl (C=O) groups is 2. The van der Waals surface area contributed by atoms with Crippen LogP contribution in [0, 0.1) is 23.2 Å². The molecular formula is C24H32N2O4. The van der Waals surface area contributed by atoms with E-state index in [1.165, 1.54) is 19.3 Å². The quantitative estimate of drug-likeness (QED) is 0.749. The molecule has 30 heavy (non-hydrogen) atoms. The molecule has 1 aromatic rings. The lowest BCUT2D eigenvalue weighted by Crippen LogP contribution is -2.51. The van der Waals surface area contributed by atoms with Gasteiger partial charge in [0, 0.05) is 24.5 Å². The lowest BCUT2D eigenvalue weighted by atomic mass is 9.49. The average molecular weight is 413 g/mol. The largest absolute Gasteiger partial charge is 0.452 e. The molecule has 1 unspecified atom stereocenters. The monoisotopic (exact) mass is 412 g/mol. The van der Waals surface area contributed by atoms with Crippen LogP contribution in [0.25, 0.3) is 0 Å². The van der Waals surface area contributed by atoms with E-state index in [2.05, 4.69) is 10.2 Å². The molecule has 0 spiro atoms. The maximum absolute atomic E-state index is 13.1. The Kier molecular flexibility index (Phi) is 5.21. The molecule has 1 N–H and O–H groups in total. The van der Waals surface area contributed by atoms with Crippen molar-refractivity contribution in [1.82, 2.24) is 0 Å².